The molecule has 0 aliphatic carbocycles. The van der Waals surface area contributed by atoms with Crippen LogP contribution in [0.25, 0.3) is 0 Å². The maximum absolute atomic E-state index is 12.4. The van der Waals surface area contributed by atoms with E-state index < -0.39 is 0 Å². The summed E-state index contributed by atoms with van der Waals surface area (Å²) in [5, 5.41) is 0. The van der Waals surface area contributed by atoms with Crippen LogP contribution in [0.1, 0.15) is 43.0 Å². The third-order valence-electron chi connectivity index (χ3n) is 3.72. The number of carbonyl (C=O) groups excluding carboxylic acids is 1. The average molecular weight is 358 g/mol. The van der Waals surface area contributed by atoms with Crippen molar-refractivity contribution < 1.29 is 14.3 Å². The fourth-order valence-electron chi connectivity index (χ4n) is 2.37. The lowest BCUT2D eigenvalue weighted by Crippen LogP contribution is -2.11. The van der Waals surface area contributed by atoms with Crippen LogP contribution in [0, 0.1) is 5.92 Å². The number of hydrogen-bond acceptors (Lipinski definition) is 4. The second-order valence-electron chi connectivity index (χ2n) is 4.98. The van der Waals surface area contributed by atoms with Gasteiger partial charge in [0.2, 0.25) is 0 Å². The van der Waals surface area contributed by atoms with Gasteiger partial charge >= 0.3 is 0 Å². The molecule has 1 unspecified atom stereocenters. The summed E-state index contributed by atoms with van der Waals surface area (Å²) in [6.07, 6.45) is 3.38. The molecule has 0 aliphatic heterocycles. The second kappa shape index (κ2) is 9.05. The fourth-order valence-corrected chi connectivity index (χ4v) is 3.04. The van der Waals surface area contributed by atoms with E-state index in [-0.39, 0.29) is 5.78 Å². The number of ether oxygens (including phenoxy) is 2. The summed E-state index contributed by atoms with van der Waals surface area (Å²) >= 11 is 3.42. The molecule has 0 aliphatic rings. The van der Waals surface area contributed by atoms with Crippen LogP contribution in [0.5, 0.6) is 11.5 Å². The highest BCUT2D eigenvalue weighted by atomic mass is 79.9. The Labute approximate surface area is 135 Å². The van der Waals surface area contributed by atoms with Gasteiger partial charge in [0.05, 0.1) is 19.8 Å². The zero-order valence-electron chi connectivity index (χ0n) is 12.9. The SMILES string of the molecule is CCC(CCN)CCC(=O)c1ccc(OC)c(Br)c1OC. The van der Waals surface area contributed by atoms with Gasteiger partial charge in [-0.25, -0.2) is 0 Å². The Morgan fingerprint density at radius 2 is 2.00 bits per heavy atom. The summed E-state index contributed by atoms with van der Waals surface area (Å²) in [7, 11) is 3.14. The maximum Gasteiger partial charge on any atom is 0.166 e. The van der Waals surface area contributed by atoms with Crippen LogP contribution in [-0.4, -0.2) is 26.5 Å². The standard InChI is InChI=1S/C16H24BrNO3/c1-4-11(9-10-18)5-7-13(19)12-6-8-14(20-2)15(17)16(12)21-3/h6,8,11H,4-5,7,9-10,18H2,1-3H3. The fraction of sp³-hybridized carbons (Fsp3) is 0.562. The van der Waals surface area contributed by atoms with Crippen molar-refractivity contribution in [2.45, 2.75) is 32.6 Å². The number of carbonyl (C=O) groups is 1. The van der Waals surface area contributed by atoms with Gasteiger partial charge in [-0.15, -0.1) is 0 Å². The van der Waals surface area contributed by atoms with Gasteiger partial charge in [0, 0.05) is 6.42 Å². The molecule has 0 spiro atoms. The molecule has 2 N–H and O–H groups in total. The molecule has 5 heteroatoms. The summed E-state index contributed by atoms with van der Waals surface area (Å²) in [6, 6.07) is 3.53. The van der Waals surface area contributed by atoms with Crippen LogP contribution in [0.4, 0.5) is 0 Å². The molecule has 1 atom stereocenters. The van der Waals surface area contributed by atoms with Crippen molar-refractivity contribution in [1.82, 2.24) is 0 Å². The number of Topliss-reactive ketones (excluding diaryl/α,β-unsaturated/α-hetero) is 1. The van der Waals surface area contributed by atoms with E-state index >= 15 is 0 Å². The number of methoxy groups -OCH3 is 2. The van der Waals surface area contributed by atoms with Gasteiger partial charge in [0.25, 0.3) is 0 Å². The van der Waals surface area contributed by atoms with Gasteiger partial charge in [-0.05, 0) is 53.4 Å². The van der Waals surface area contributed by atoms with Crippen molar-refractivity contribution in [2.75, 3.05) is 20.8 Å². The molecule has 21 heavy (non-hydrogen) atoms. The van der Waals surface area contributed by atoms with Gasteiger partial charge in [-0.2, -0.15) is 0 Å². The van der Waals surface area contributed by atoms with Crippen LogP contribution in [-0.2, 0) is 0 Å². The molecule has 0 aromatic heterocycles. The molecule has 0 radical (unpaired) electrons. The first kappa shape index (κ1) is 18.0. The molecular formula is C16H24BrNO3. The number of benzene rings is 1. The summed E-state index contributed by atoms with van der Waals surface area (Å²) in [4.78, 5) is 12.4. The number of rotatable bonds is 9. The zero-order chi connectivity index (χ0) is 15.8. The normalized spacial score (nSPS) is 12.0. The van der Waals surface area contributed by atoms with Gasteiger partial charge in [-0.1, -0.05) is 13.3 Å². The lowest BCUT2D eigenvalue weighted by atomic mass is 9.93. The van der Waals surface area contributed by atoms with Crippen LogP contribution < -0.4 is 15.2 Å². The molecule has 118 valence electrons. The quantitative estimate of drug-likeness (QED) is 0.682. The lowest BCUT2D eigenvalue weighted by Gasteiger charge is -2.15. The third kappa shape index (κ3) is 4.71. The zero-order valence-corrected chi connectivity index (χ0v) is 14.5. The number of halogens is 1. The Morgan fingerprint density at radius 3 is 2.52 bits per heavy atom. The second-order valence-corrected chi connectivity index (χ2v) is 5.77. The lowest BCUT2D eigenvalue weighted by molar-refractivity contribution is 0.0969. The molecule has 1 rings (SSSR count). The summed E-state index contributed by atoms with van der Waals surface area (Å²) < 4.78 is 11.2. The number of nitrogens with two attached hydrogens (primary N) is 1. The number of ketones is 1. The highest BCUT2D eigenvalue weighted by Gasteiger charge is 2.19. The molecule has 1 aromatic rings. The van der Waals surface area contributed by atoms with E-state index in [2.05, 4.69) is 22.9 Å². The van der Waals surface area contributed by atoms with Crippen molar-refractivity contribution in [3.63, 3.8) is 0 Å². The predicted molar refractivity (Wildman–Crippen MR) is 88.3 cm³/mol. The average Bonchev–Trinajstić information content (AvgIpc) is 2.50. The van der Waals surface area contributed by atoms with Crippen molar-refractivity contribution in [1.29, 1.82) is 0 Å². The van der Waals surface area contributed by atoms with E-state index in [1.165, 1.54) is 0 Å². The number of hydrogen-bond donors (Lipinski definition) is 1. The highest BCUT2D eigenvalue weighted by Crippen LogP contribution is 2.37. The minimum absolute atomic E-state index is 0.0886. The molecule has 0 heterocycles. The largest absolute Gasteiger partial charge is 0.495 e. The van der Waals surface area contributed by atoms with Crippen molar-refractivity contribution in [2.24, 2.45) is 11.7 Å². The minimum atomic E-state index is 0.0886. The van der Waals surface area contributed by atoms with E-state index in [1.54, 1.807) is 26.4 Å². The van der Waals surface area contributed by atoms with Gasteiger partial charge in [-0.3, -0.25) is 4.79 Å². The summed E-state index contributed by atoms with van der Waals surface area (Å²) in [6.45, 7) is 2.81. The summed E-state index contributed by atoms with van der Waals surface area (Å²) in [5.74, 6) is 1.78. The molecule has 0 bridgehead atoms. The van der Waals surface area contributed by atoms with Gasteiger partial charge < -0.3 is 15.2 Å². The first-order chi connectivity index (χ1) is 10.1. The Balaban J connectivity index is 2.85. The molecule has 0 saturated heterocycles. The molecule has 0 saturated carbocycles. The van der Waals surface area contributed by atoms with Crippen molar-refractivity contribution in [3.8, 4) is 11.5 Å². The Bertz CT molecular complexity index is 477. The van der Waals surface area contributed by atoms with Crippen LogP contribution in [0.15, 0.2) is 16.6 Å². The van der Waals surface area contributed by atoms with Crippen LogP contribution in [0.3, 0.4) is 0 Å². The smallest absolute Gasteiger partial charge is 0.166 e. The maximum atomic E-state index is 12.4. The molecule has 1 aromatic carbocycles. The monoisotopic (exact) mass is 357 g/mol. The minimum Gasteiger partial charge on any atom is -0.495 e. The van der Waals surface area contributed by atoms with Crippen molar-refractivity contribution in [3.05, 3.63) is 22.2 Å². The molecule has 0 amide bonds. The summed E-state index contributed by atoms with van der Waals surface area (Å²) in [5.41, 5.74) is 6.19. The molecule has 4 nitrogen and oxygen atoms in total. The van der Waals surface area contributed by atoms with E-state index in [4.69, 9.17) is 15.2 Å². The Hall–Kier alpha value is -1.07. The van der Waals surface area contributed by atoms with E-state index in [9.17, 15) is 4.79 Å². The highest BCUT2D eigenvalue weighted by molar-refractivity contribution is 9.10. The first-order valence-corrected chi connectivity index (χ1v) is 8.02. The van der Waals surface area contributed by atoms with Crippen LogP contribution >= 0.6 is 15.9 Å². The Morgan fingerprint density at radius 1 is 1.29 bits per heavy atom. The van der Waals surface area contributed by atoms with E-state index in [1.807, 2.05) is 0 Å². The van der Waals surface area contributed by atoms with Crippen molar-refractivity contribution >= 4 is 21.7 Å². The third-order valence-corrected chi connectivity index (χ3v) is 4.47. The Kier molecular flexibility index (Phi) is 7.75. The topological polar surface area (TPSA) is 61.6 Å². The molecular weight excluding hydrogens is 334 g/mol. The molecule has 0 fully saturated rings. The van der Waals surface area contributed by atoms with Gasteiger partial charge in [0.1, 0.15) is 16.0 Å². The van der Waals surface area contributed by atoms with E-state index in [0.29, 0.717) is 40.4 Å². The van der Waals surface area contributed by atoms with Crippen LogP contribution in [0.2, 0.25) is 0 Å². The first-order valence-electron chi connectivity index (χ1n) is 7.22. The predicted octanol–water partition coefficient (Wildman–Crippen LogP) is 3.80. The van der Waals surface area contributed by atoms with E-state index in [0.717, 1.165) is 19.3 Å². The van der Waals surface area contributed by atoms with Gasteiger partial charge in [0.15, 0.2) is 5.78 Å².